The predicted molar refractivity (Wildman–Crippen MR) is 94.2 cm³/mol. The number of aliphatic imine (C=N–C) groups is 1. The molecular weight excluding hydrogens is 351 g/mol. The number of likely N-dealkylation sites (tertiary alicyclic amines) is 1. The maximum atomic E-state index is 5.86. The Balaban J connectivity index is 0.00000324. The molecule has 0 bridgehead atoms. The molecule has 1 rings (SSSR count). The van der Waals surface area contributed by atoms with Crippen LogP contribution in [-0.4, -0.2) is 43.6 Å². The number of hydrogen-bond donors (Lipinski definition) is 2. The Bertz CT molecular complexity index is 256. The van der Waals surface area contributed by atoms with Crippen molar-refractivity contribution in [3.63, 3.8) is 0 Å². The lowest BCUT2D eigenvalue weighted by molar-refractivity contribution is 0.326. The number of guanidine groups is 1. The van der Waals surface area contributed by atoms with E-state index in [4.69, 9.17) is 5.73 Å². The number of nitrogens with one attached hydrogen (secondary N) is 1. The molecule has 1 aliphatic heterocycles. The highest BCUT2D eigenvalue weighted by Gasteiger charge is 2.21. The molecule has 1 saturated heterocycles. The summed E-state index contributed by atoms with van der Waals surface area (Å²) >= 11 is 0. The van der Waals surface area contributed by atoms with E-state index in [0.29, 0.717) is 17.8 Å². The topological polar surface area (TPSA) is 53.6 Å². The van der Waals surface area contributed by atoms with E-state index >= 15 is 0 Å². The number of halogens is 1. The minimum Gasteiger partial charge on any atom is -0.370 e. The normalized spacial score (nSPS) is 20.6. The average molecular weight is 382 g/mol. The van der Waals surface area contributed by atoms with Crippen LogP contribution in [0, 0.1) is 11.8 Å². The summed E-state index contributed by atoms with van der Waals surface area (Å²) in [6, 6.07) is 0. The van der Waals surface area contributed by atoms with Gasteiger partial charge in [0.15, 0.2) is 5.96 Å². The highest BCUT2D eigenvalue weighted by atomic mass is 127. The van der Waals surface area contributed by atoms with Gasteiger partial charge in [0.1, 0.15) is 0 Å². The fraction of sp³-hybridized carbons (Fsp3) is 0.929. The second kappa shape index (κ2) is 10.7. The van der Waals surface area contributed by atoms with Gasteiger partial charge in [-0.1, -0.05) is 20.8 Å². The molecule has 0 aromatic rings. The lowest BCUT2D eigenvalue weighted by Gasteiger charge is -2.13. The van der Waals surface area contributed by atoms with Crippen LogP contribution in [0.1, 0.15) is 40.0 Å². The minimum atomic E-state index is 0. The van der Waals surface area contributed by atoms with Crippen molar-refractivity contribution in [2.45, 2.75) is 40.0 Å². The summed E-state index contributed by atoms with van der Waals surface area (Å²) in [5, 5.41) is 3.19. The zero-order chi connectivity index (χ0) is 13.4. The third kappa shape index (κ3) is 8.68. The Kier molecular flexibility index (Phi) is 10.7. The number of rotatable bonds is 7. The lowest BCUT2D eigenvalue weighted by atomic mass is 10.1. The van der Waals surface area contributed by atoms with Crippen molar-refractivity contribution in [1.29, 1.82) is 0 Å². The molecule has 1 fully saturated rings. The molecule has 0 aromatic carbocycles. The molecule has 114 valence electrons. The average Bonchev–Trinajstić information content (AvgIpc) is 2.74. The molecule has 0 spiro atoms. The summed E-state index contributed by atoms with van der Waals surface area (Å²) in [6.07, 6.45) is 3.65. The van der Waals surface area contributed by atoms with Crippen LogP contribution in [0.2, 0.25) is 0 Å². The smallest absolute Gasteiger partial charge is 0.188 e. The molecule has 5 heteroatoms. The Hall–Kier alpha value is -0.0400. The number of nitrogens with two attached hydrogens (primary N) is 1. The molecule has 4 nitrogen and oxygen atoms in total. The van der Waals surface area contributed by atoms with Gasteiger partial charge >= 0.3 is 0 Å². The van der Waals surface area contributed by atoms with Gasteiger partial charge in [0.2, 0.25) is 0 Å². The van der Waals surface area contributed by atoms with E-state index in [1.807, 2.05) is 0 Å². The first-order valence-corrected chi connectivity index (χ1v) is 7.38. The van der Waals surface area contributed by atoms with E-state index in [2.05, 4.69) is 36.0 Å². The monoisotopic (exact) mass is 382 g/mol. The highest BCUT2D eigenvalue weighted by Crippen LogP contribution is 2.16. The zero-order valence-corrected chi connectivity index (χ0v) is 15.0. The van der Waals surface area contributed by atoms with Crippen LogP contribution in [0.3, 0.4) is 0 Å². The first-order valence-electron chi connectivity index (χ1n) is 7.38. The SMILES string of the molecule is CCCN1CCC(CN=C(N)NCCC(C)C)C1.I. The van der Waals surface area contributed by atoms with Crippen molar-refractivity contribution in [3.05, 3.63) is 0 Å². The quantitative estimate of drug-likeness (QED) is 0.404. The number of hydrogen-bond acceptors (Lipinski definition) is 2. The van der Waals surface area contributed by atoms with Crippen LogP contribution in [0.25, 0.3) is 0 Å². The first kappa shape index (κ1) is 19.0. The second-order valence-corrected chi connectivity index (χ2v) is 5.79. The Morgan fingerprint density at radius 2 is 2.21 bits per heavy atom. The lowest BCUT2D eigenvalue weighted by Crippen LogP contribution is -2.33. The number of nitrogens with zero attached hydrogens (tertiary/aromatic N) is 2. The maximum Gasteiger partial charge on any atom is 0.188 e. The summed E-state index contributed by atoms with van der Waals surface area (Å²) in [5.41, 5.74) is 5.86. The van der Waals surface area contributed by atoms with Crippen LogP contribution in [-0.2, 0) is 0 Å². The molecule has 0 saturated carbocycles. The van der Waals surface area contributed by atoms with Gasteiger partial charge in [0.25, 0.3) is 0 Å². The fourth-order valence-electron chi connectivity index (χ4n) is 2.35. The van der Waals surface area contributed by atoms with Crippen molar-refractivity contribution >= 4 is 29.9 Å². The highest BCUT2D eigenvalue weighted by molar-refractivity contribution is 14.0. The largest absolute Gasteiger partial charge is 0.370 e. The molecule has 0 aliphatic carbocycles. The molecule has 1 unspecified atom stereocenters. The van der Waals surface area contributed by atoms with Crippen LogP contribution in [0.15, 0.2) is 4.99 Å². The van der Waals surface area contributed by atoms with Crippen molar-refractivity contribution < 1.29 is 0 Å². The van der Waals surface area contributed by atoms with Gasteiger partial charge in [0, 0.05) is 19.6 Å². The van der Waals surface area contributed by atoms with Crippen molar-refractivity contribution in [3.8, 4) is 0 Å². The minimum absolute atomic E-state index is 0. The summed E-state index contributed by atoms with van der Waals surface area (Å²) in [7, 11) is 0. The van der Waals surface area contributed by atoms with Gasteiger partial charge < -0.3 is 16.0 Å². The Morgan fingerprint density at radius 1 is 1.47 bits per heavy atom. The molecular formula is C14H31IN4. The molecule has 1 aliphatic rings. The van der Waals surface area contributed by atoms with E-state index in [9.17, 15) is 0 Å². The van der Waals surface area contributed by atoms with Crippen LogP contribution >= 0.6 is 24.0 Å². The van der Waals surface area contributed by atoms with Crippen LogP contribution < -0.4 is 11.1 Å². The van der Waals surface area contributed by atoms with Crippen molar-refractivity contribution in [2.24, 2.45) is 22.6 Å². The van der Waals surface area contributed by atoms with E-state index in [1.54, 1.807) is 0 Å². The molecule has 1 heterocycles. The standard InChI is InChI=1S/C14H30N4.HI/c1-4-8-18-9-6-13(11-18)10-17-14(15)16-7-5-12(2)3;/h12-13H,4-11H2,1-3H3,(H3,15,16,17);1H. The zero-order valence-electron chi connectivity index (χ0n) is 12.7. The van der Waals surface area contributed by atoms with Crippen molar-refractivity contribution in [2.75, 3.05) is 32.7 Å². The van der Waals surface area contributed by atoms with Gasteiger partial charge in [-0.2, -0.15) is 0 Å². The summed E-state index contributed by atoms with van der Waals surface area (Å²) < 4.78 is 0. The fourth-order valence-corrected chi connectivity index (χ4v) is 2.35. The van der Waals surface area contributed by atoms with Gasteiger partial charge in [-0.15, -0.1) is 24.0 Å². The predicted octanol–water partition coefficient (Wildman–Crippen LogP) is 2.29. The second-order valence-electron chi connectivity index (χ2n) is 5.79. The Morgan fingerprint density at radius 3 is 2.84 bits per heavy atom. The molecule has 0 amide bonds. The Labute approximate surface area is 135 Å². The van der Waals surface area contributed by atoms with Gasteiger partial charge in [-0.3, -0.25) is 4.99 Å². The van der Waals surface area contributed by atoms with Gasteiger partial charge in [0.05, 0.1) is 0 Å². The molecule has 3 N–H and O–H groups in total. The van der Waals surface area contributed by atoms with E-state index in [0.717, 1.165) is 19.5 Å². The van der Waals surface area contributed by atoms with E-state index in [1.165, 1.54) is 32.5 Å². The summed E-state index contributed by atoms with van der Waals surface area (Å²) in [4.78, 5) is 6.98. The third-order valence-electron chi connectivity index (χ3n) is 3.46. The first-order chi connectivity index (χ1) is 8.61. The molecule has 19 heavy (non-hydrogen) atoms. The van der Waals surface area contributed by atoms with Gasteiger partial charge in [-0.05, 0) is 44.2 Å². The van der Waals surface area contributed by atoms with E-state index in [-0.39, 0.29) is 24.0 Å². The van der Waals surface area contributed by atoms with Crippen LogP contribution in [0.4, 0.5) is 0 Å². The molecule has 0 radical (unpaired) electrons. The maximum absolute atomic E-state index is 5.86. The van der Waals surface area contributed by atoms with Gasteiger partial charge in [-0.25, -0.2) is 0 Å². The molecule has 0 aromatic heterocycles. The summed E-state index contributed by atoms with van der Waals surface area (Å²) in [6.45, 7) is 12.1. The third-order valence-corrected chi connectivity index (χ3v) is 3.46. The van der Waals surface area contributed by atoms with Crippen molar-refractivity contribution in [1.82, 2.24) is 10.2 Å². The van der Waals surface area contributed by atoms with Crippen LogP contribution in [0.5, 0.6) is 0 Å². The summed E-state index contributed by atoms with van der Waals surface area (Å²) in [5.74, 6) is 2.02. The molecule has 1 atom stereocenters. The van der Waals surface area contributed by atoms with E-state index < -0.39 is 0 Å².